The Morgan fingerprint density at radius 2 is 2.17 bits per heavy atom. The highest BCUT2D eigenvalue weighted by atomic mass is 16.3. The van der Waals surface area contributed by atoms with Gasteiger partial charge in [-0.2, -0.15) is 0 Å². The number of aliphatic hydroxyl groups excluding tert-OH is 1. The second kappa shape index (κ2) is 5.71. The Labute approximate surface area is 104 Å². The summed E-state index contributed by atoms with van der Waals surface area (Å²) in [6, 6.07) is 8.72. The number of aliphatic hydroxyl groups is 1. The van der Waals surface area contributed by atoms with Gasteiger partial charge in [0.2, 0.25) is 0 Å². The van der Waals surface area contributed by atoms with Crippen LogP contribution in [0.5, 0.6) is 0 Å². The molecule has 1 heterocycles. The molecule has 4 nitrogen and oxygen atoms in total. The van der Waals surface area contributed by atoms with Crippen LogP contribution in [0.4, 0.5) is 5.69 Å². The van der Waals surface area contributed by atoms with Crippen molar-refractivity contribution in [2.45, 2.75) is 0 Å². The Hall–Kier alpha value is -2.51. The number of rotatable bonds is 2. The van der Waals surface area contributed by atoms with E-state index in [9.17, 15) is 4.79 Å². The summed E-state index contributed by atoms with van der Waals surface area (Å²) in [6.07, 6.45) is 2.81. The lowest BCUT2D eigenvalue weighted by Crippen LogP contribution is -2.11. The molecule has 0 bridgehead atoms. The number of para-hydroxylation sites is 1. The van der Waals surface area contributed by atoms with Crippen LogP contribution in [0, 0.1) is 11.8 Å². The third-order valence-electron chi connectivity index (χ3n) is 2.26. The molecule has 1 aromatic heterocycles. The lowest BCUT2D eigenvalue weighted by molar-refractivity contribution is 0.102. The highest BCUT2D eigenvalue weighted by Gasteiger charge is 2.08. The van der Waals surface area contributed by atoms with E-state index in [1.165, 1.54) is 12.5 Å². The Morgan fingerprint density at radius 1 is 1.33 bits per heavy atom. The first-order valence-electron chi connectivity index (χ1n) is 5.33. The average Bonchev–Trinajstić information content (AvgIpc) is 2.91. The van der Waals surface area contributed by atoms with Crippen LogP contribution in [-0.2, 0) is 0 Å². The van der Waals surface area contributed by atoms with E-state index < -0.39 is 0 Å². The molecule has 0 spiro atoms. The van der Waals surface area contributed by atoms with Crippen molar-refractivity contribution >= 4 is 11.6 Å². The summed E-state index contributed by atoms with van der Waals surface area (Å²) < 4.78 is 4.85. The molecule has 0 unspecified atom stereocenters. The fourth-order valence-electron chi connectivity index (χ4n) is 1.42. The van der Waals surface area contributed by atoms with Crippen molar-refractivity contribution in [2.75, 3.05) is 11.9 Å². The van der Waals surface area contributed by atoms with E-state index in [0.29, 0.717) is 16.8 Å². The molecular weight excluding hydrogens is 230 g/mol. The van der Waals surface area contributed by atoms with Gasteiger partial charge in [0.1, 0.15) is 12.9 Å². The van der Waals surface area contributed by atoms with Crippen LogP contribution in [0.25, 0.3) is 0 Å². The van der Waals surface area contributed by atoms with Crippen LogP contribution in [-0.4, -0.2) is 17.6 Å². The Balaban J connectivity index is 2.21. The van der Waals surface area contributed by atoms with Crippen molar-refractivity contribution in [1.82, 2.24) is 0 Å². The molecule has 2 aromatic rings. The van der Waals surface area contributed by atoms with Crippen molar-refractivity contribution in [2.24, 2.45) is 0 Å². The summed E-state index contributed by atoms with van der Waals surface area (Å²) in [6.45, 7) is -0.218. The minimum Gasteiger partial charge on any atom is -0.472 e. The predicted octanol–water partition coefficient (Wildman–Crippen LogP) is 1.88. The zero-order valence-electron chi connectivity index (χ0n) is 9.51. The van der Waals surface area contributed by atoms with Crippen LogP contribution in [0.2, 0.25) is 0 Å². The maximum absolute atomic E-state index is 11.8. The van der Waals surface area contributed by atoms with Crippen LogP contribution >= 0.6 is 0 Å². The maximum atomic E-state index is 11.8. The molecule has 0 saturated heterocycles. The monoisotopic (exact) mass is 241 g/mol. The number of nitrogens with one attached hydrogen (secondary N) is 1. The molecule has 1 amide bonds. The number of furan rings is 1. The molecule has 0 aliphatic rings. The fraction of sp³-hybridized carbons (Fsp3) is 0.0714. The largest absolute Gasteiger partial charge is 0.472 e. The quantitative estimate of drug-likeness (QED) is 0.789. The van der Waals surface area contributed by atoms with E-state index >= 15 is 0 Å². The lowest BCUT2D eigenvalue weighted by atomic mass is 10.1. The standard InChI is InChI=1S/C14H11NO3/c16-8-3-5-11-4-1-2-6-13(11)15-14(17)12-7-9-18-10-12/h1-2,4,6-7,9-10,16H,8H2,(H,15,17). The van der Waals surface area contributed by atoms with Gasteiger partial charge in [-0.05, 0) is 18.2 Å². The highest BCUT2D eigenvalue weighted by Crippen LogP contribution is 2.15. The van der Waals surface area contributed by atoms with Crippen LogP contribution in [0.3, 0.4) is 0 Å². The van der Waals surface area contributed by atoms with Crippen molar-refractivity contribution in [1.29, 1.82) is 0 Å². The van der Waals surface area contributed by atoms with Crippen molar-refractivity contribution in [3.05, 3.63) is 54.0 Å². The lowest BCUT2D eigenvalue weighted by Gasteiger charge is -2.05. The van der Waals surface area contributed by atoms with Crippen molar-refractivity contribution < 1.29 is 14.3 Å². The summed E-state index contributed by atoms with van der Waals surface area (Å²) in [5.74, 6) is 5.06. The molecule has 2 rings (SSSR count). The van der Waals surface area contributed by atoms with Crippen molar-refractivity contribution in [3.63, 3.8) is 0 Å². The number of carbonyl (C=O) groups is 1. The van der Waals surface area contributed by atoms with Gasteiger partial charge in [0.15, 0.2) is 0 Å². The SMILES string of the molecule is O=C(Nc1ccccc1C#CCO)c1ccoc1. The van der Waals surface area contributed by atoms with E-state index in [0.717, 1.165) is 0 Å². The van der Waals surface area contributed by atoms with E-state index in [4.69, 9.17) is 9.52 Å². The minimum atomic E-state index is -0.262. The van der Waals surface area contributed by atoms with E-state index in [1.54, 1.807) is 24.3 Å². The number of anilines is 1. The predicted molar refractivity (Wildman–Crippen MR) is 67.1 cm³/mol. The molecule has 18 heavy (non-hydrogen) atoms. The second-order valence-corrected chi connectivity index (χ2v) is 3.47. The van der Waals surface area contributed by atoms with Gasteiger partial charge in [0.25, 0.3) is 5.91 Å². The molecule has 0 aliphatic carbocycles. The molecule has 0 radical (unpaired) electrons. The molecule has 0 saturated carbocycles. The first-order valence-corrected chi connectivity index (χ1v) is 5.33. The topological polar surface area (TPSA) is 62.5 Å². The van der Waals surface area contributed by atoms with Gasteiger partial charge in [-0.15, -0.1) is 0 Å². The van der Waals surface area contributed by atoms with E-state index in [-0.39, 0.29) is 12.5 Å². The van der Waals surface area contributed by atoms with Crippen LogP contribution in [0.1, 0.15) is 15.9 Å². The molecule has 4 heteroatoms. The summed E-state index contributed by atoms with van der Waals surface area (Å²) in [7, 11) is 0. The highest BCUT2D eigenvalue weighted by molar-refractivity contribution is 6.04. The first-order chi connectivity index (χ1) is 8.81. The Morgan fingerprint density at radius 3 is 2.89 bits per heavy atom. The van der Waals surface area contributed by atoms with Gasteiger partial charge >= 0.3 is 0 Å². The minimum absolute atomic E-state index is 0.218. The summed E-state index contributed by atoms with van der Waals surface area (Å²) in [4.78, 5) is 11.8. The summed E-state index contributed by atoms with van der Waals surface area (Å²) >= 11 is 0. The molecule has 0 atom stereocenters. The van der Waals surface area contributed by atoms with Gasteiger partial charge in [-0.25, -0.2) is 0 Å². The Kier molecular flexibility index (Phi) is 3.79. The zero-order valence-corrected chi connectivity index (χ0v) is 9.51. The third-order valence-corrected chi connectivity index (χ3v) is 2.26. The number of carbonyl (C=O) groups excluding carboxylic acids is 1. The van der Waals surface area contributed by atoms with Crippen LogP contribution < -0.4 is 5.32 Å². The first kappa shape index (κ1) is 12.0. The second-order valence-electron chi connectivity index (χ2n) is 3.47. The number of hydrogen-bond acceptors (Lipinski definition) is 3. The zero-order chi connectivity index (χ0) is 12.8. The summed E-state index contributed by atoms with van der Waals surface area (Å²) in [5.41, 5.74) is 1.70. The van der Waals surface area contributed by atoms with Crippen molar-refractivity contribution in [3.8, 4) is 11.8 Å². The van der Waals surface area contributed by atoms with Gasteiger partial charge in [-0.1, -0.05) is 24.0 Å². The maximum Gasteiger partial charge on any atom is 0.258 e. The molecule has 1 aromatic carbocycles. The van der Waals surface area contributed by atoms with E-state index in [2.05, 4.69) is 17.2 Å². The molecule has 0 fully saturated rings. The smallest absolute Gasteiger partial charge is 0.258 e. The molecular formula is C14H11NO3. The average molecular weight is 241 g/mol. The Bertz CT molecular complexity index is 591. The normalized spacial score (nSPS) is 9.39. The van der Waals surface area contributed by atoms with Gasteiger partial charge in [-0.3, -0.25) is 4.79 Å². The van der Waals surface area contributed by atoms with Gasteiger partial charge < -0.3 is 14.8 Å². The summed E-state index contributed by atoms with van der Waals surface area (Å²) in [5, 5.41) is 11.4. The van der Waals surface area contributed by atoms with Gasteiger partial charge in [0, 0.05) is 5.56 Å². The molecule has 2 N–H and O–H groups in total. The van der Waals surface area contributed by atoms with Crippen LogP contribution in [0.15, 0.2) is 47.3 Å². The number of amides is 1. The third kappa shape index (κ3) is 2.78. The molecule has 0 aliphatic heterocycles. The van der Waals surface area contributed by atoms with E-state index in [1.807, 2.05) is 6.07 Å². The number of hydrogen-bond donors (Lipinski definition) is 2. The van der Waals surface area contributed by atoms with Gasteiger partial charge in [0.05, 0.1) is 17.5 Å². The fourth-order valence-corrected chi connectivity index (χ4v) is 1.42. The number of benzene rings is 1. The molecule has 90 valence electrons.